The summed E-state index contributed by atoms with van der Waals surface area (Å²) in [4.78, 5) is 38.0. The van der Waals surface area contributed by atoms with E-state index in [-0.39, 0.29) is 31.1 Å². The first-order chi connectivity index (χ1) is 38.0. The summed E-state index contributed by atoms with van der Waals surface area (Å²) in [5.41, 5.74) is 0. The Morgan fingerprint density at radius 2 is 0.506 bits per heavy atom. The zero-order chi connectivity index (χ0) is 55.7. The van der Waals surface area contributed by atoms with Crippen molar-refractivity contribution in [1.82, 2.24) is 0 Å². The molecule has 0 saturated heterocycles. The molecule has 0 spiro atoms. The molecule has 0 N–H and O–H groups in total. The van der Waals surface area contributed by atoms with Gasteiger partial charge in [-0.15, -0.1) is 0 Å². The lowest BCUT2D eigenvalue weighted by molar-refractivity contribution is -0.167. The van der Waals surface area contributed by atoms with Crippen LogP contribution in [0, 0.1) is 0 Å². The number of unbranched alkanes of at least 4 members (excludes halogenated alkanes) is 32. The zero-order valence-corrected chi connectivity index (χ0v) is 50.7. The van der Waals surface area contributed by atoms with E-state index in [0.717, 1.165) is 109 Å². The highest BCUT2D eigenvalue weighted by molar-refractivity contribution is 5.71. The summed E-state index contributed by atoms with van der Waals surface area (Å²) in [6, 6.07) is 0. The van der Waals surface area contributed by atoms with Gasteiger partial charge >= 0.3 is 17.9 Å². The molecule has 0 aliphatic heterocycles. The van der Waals surface area contributed by atoms with Crippen molar-refractivity contribution < 1.29 is 28.6 Å². The molecule has 6 nitrogen and oxygen atoms in total. The van der Waals surface area contributed by atoms with Crippen molar-refractivity contribution in [3.8, 4) is 0 Å². The van der Waals surface area contributed by atoms with Crippen molar-refractivity contribution in [2.45, 2.75) is 322 Å². The molecule has 0 radical (unpaired) electrons. The van der Waals surface area contributed by atoms with Crippen molar-refractivity contribution in [2.24, 2.45) is 0 Å². The largest absolute Gasteiger partial charge is 0.462 e. The molecule has 0 fully saturated rings. The van der Waals surface area contributed by atoms with Crippen molar-refractivity contribution >= 4 is 17.9 Å². The Morgan fingerprint density at radius 1 is 0.273 bits per heavy atom. The van der Waals surface area contributed by atoms with Gasteiger partial charge in [0.2, 0.25) is 0 Å². The molecule has 0 bridgehead atoms. The van der Waals surface area contributed by atoms with Gasteiger partial charge in [-0.25, -0.2) is 0 Å². The fourth-order valence-electron chi connectivity index (χ4n) is 9.18. The molecule has 0 heterocycles. The molecule has 0 aliphatic carbocycles. The van der Waals surface area contributed by atoms with Crippen LogP contribution in [0.15, 0.2) is 97.2 Å². The third-order valence-electron chi connectivity index (χ3n) is 14.1. The maximum Gasteiger partial charge on any atom is 0.306 e. The van der Waals surface area contributed by atoms with Gasteiger partial charge in [0.05, 0.1) is 0 Å². The van der Waals surface area contributed by atoms with Gasteiger partial charge in [-0.3, -0.25) is 14.4 Å². The first kappa shape index (κ1) is 73.3. The van der Waals surface area contributed by atoms with Crippen LogP contribution in [-0.4, -0.2) is 37.2 Å². The Labute approximate surface area is 477 Å². The van der Waals surface area contributed by atoms with Crippen LogP contribution in [-0.2, 0) is 28.6 Å². The number of esters is 3. The van der Waals surface area contributed by atoms with Crippen LogP contribution in [0.1, 0.15) is 316 Å². The molecule has 0 aliphatic rings. The van der Waals surface area contributed by atoms with E-state index < -0.39 is 6.10 Å². The summed E-state index contributed by atoms with van der Waals surface area (Å²) in [7, 11) is 0. The Bertz CT molecular complexity index is 1510. The van der Waals surface area contributed by atoms with Crippen LogP contribution in [0.25, 0.3) is 0 Å². The van der Waals surface area contributed by atoms with Gasteiger partial charge in [0.15, 0.2) is 6.10 Å². The lowest BCUT2D eigenvalue weighted by Gasteiger charge is -2.18. The van der Waals surface area contributed by atoms with Crippen molar-refractivity contribution in [1.29, 1.82) is 0 Å². The van der Waals surface area contributed by atoms with E-state index in [9.17, 15) is 14.4 Å². The molecular formula is C71H122O6. The van der Waals surface area contributed by atoms with Gasteiger partial charge in [-0.2, -0.15) is 0 Å². The summed E-state index contributed by atoms with van der Waals surface area (Å²) in [6.45, 7) is 6.45. The zero-order valence-electron chi connectivity index (χ0n) is 50.7. The summed E-state index contributed by atoms with van der Waals surface area (Å²) in [6.07, 6.45) is 87.5. The SMILES string of the molecule is CC/C=C\C/C=C\C/C=C\C/C=C\C/C=C\C/C=C\CCCCCCCCCCCCCCC(=O)OCC(COC(=O)CCCCCCC)OC(=O)CCCCCCCCCCCCC/C=C\C/C=C\CCCCCCC. The van der Waals surface area contributed by atoms with Crippen LogP contribution < -0.4 is 0 Å². The number of hydrogen-bond donors (Lipinski definition) is 0. The lowest BCUT2D eigenvalue weighted by Crippen LogP contribution is -2.30. The van der Waals surface area contributed by atoms with E-state index in [4.69, 9.17) is 14.2 Å². The highest BCUT2D eigenvalue weighted by atomic mass is 16.6. The van der Waals surface area contributed by atoms with E-state index >= 15 is 0 Å². The predicted octanol–water partition coefficient (Wildman–Crippen LogP) is 22.4. The van der Waals surface area contributed by atoms with Gasteiger partial charge < -0.3 is 14.2 Å². The Morgan fingerprint density at radius 3 is 0.792 bits per heavy atom. The molecule has 0 amide bonds. The minimum absolute atomic E-state index is 0.0772. The van der Waals surface area contributed by atoms with Gasteiger partial charge in [0, 0.05) is 19.3 Å². The number of carbonyl (C=O) groups is 3. The summed E-state index contributed by atoms with van der Waals surface area (Å²) in [5, 5.41) is 0. The molecule has 0 aromatic carbocycles. The third kappa shape index (κ3) is 63.0. The van der Waals surface area contributed by atoms with E-state index in [2.05, 4.69) is 118 Å². The van der Waals surface area contributed by atoms with Crippen LogP contribution in [0.2, 0.25) is 0 Å². The molecule has 0 rings (SSSR count). The quantitative estimate of drug-likeness (QED) is 0.0261. The highest BCUT2D eigenvalue weighted by Crippen LogP contribution is 2.16. The number of ether oxygens (including phenoxy) is 3. The predicted molar refractivity (Wildman–Crippen MR) is 334 cm³/mol. The Hall–Kier alpha value is -3.67. The van der Waals surface area contributed by atoms with Crippen molar-refractivity contribution in [3.63, 3.8) is 0 Å². The van der Waals surface area contributed by atoms with Gasteiger partial charge in [-0.05, 0) is 103 Å². The number of allylic oxidation sites excluding steroid dienone is 16. The molecule has 0 saturated carbocycles. The maximum absolute atomic E-state index is 12.8. The van der Waals surface area contributed by atoms with Gasteiger partial charge in [0.1, 0.15) is 13.2 Å². The highest BCUT2D eigenvalue weighted by Gasteiger charge is 2.19. The van der Waals surface area contributed by atoms with Crippen molar-refractivity contribution in [3.05, 3.63) is 97.2 Å². The van der Waals surface area contributed by atoms with Crippen LogP contribution in [0.5, 0.6) is 0 Å². The first-order valence-corrected chi connectivity index (χ1v) is 32.7. The normalized spacial score (nSPS) is 12.7. The van der Waals surface area contributed by atoms with Gasteiger partial charge in [-0.1, -0.05) is 291 Å². The second kappa shape index (κ2) is 64.9. The number of carbonyl (C=O) groups excluding carboxylic acids is 3. The van der Waals surface area contributed by atoms with Gasteiger partial charge in [0.25, 0.3) is 0 Å². The summed E-state index contributed by atoms with van der Waals surface area (Å²) < 4.78 is 16.8. The Balaban J connectivity index is 4.03. The van der Waals surface area contributed by atoms with Crippen LogP contribution >= 0.6 is 0 Å². The molecule has 0 aromatic rings. The topological polar surface area (TPSA) is 78.9 Å². The molecule has 442 valence electrons. The molecule has 6 heteroatoms. The molecule has 1 atom stereocenters. The third-order valence-corrected chi connectivity index (χ3v) is 14.1. The average molecular weight is 1070 g/mol. The average Bonchev–Trinajstić information content (AvgIpc) is 3.43. The summed E-state index contributed by atoms with van der Waals surface area (Å²) in [5.74, 6) is -0.885. The van der Waals surface area contributed by atoms with E-state index in [1.54, 1.807) is 0 Å². The number of hydrogen-bond acceptors (Lipinski definition) is 6. The minimum Gasteiger partial charge on any atom is -0.462 e. The molecule has 0 aromatic heterocycles. The molecular weight excluding hydrogens is 949 g/mol. The molecule has 77 heavy (non-hydrogen) atoms. The standard InChI is InChI=1S/C71H122O6/c1-4-7-10-13-15-17-19-21-23-25-27-29-31-32-33-34-35-36-37-38-40-41-43-45-47-49-51-53-55-58-61-64-70(73)76-67-68(66-75-69(72)63-60-57-12-9-6-3)77-71(74)65-62-59-56-54-52-50-48-46-44-42-39-30-28-26-24-22-20-18-16-14-11-8-5-2/h7,10,15,17,20-23,26-29,32-33,35-36,68H,4-6,8-9,11-14,16,18-19,24-25,30-31,34,37-67H2,1-3H3/b10-7-,17-15-,22-20-,23-21-,28-26-,29-27-,33-32-,36-35-. The van der Waals surface area contributed by atoms with E-state index in [1.807, 2.05) is 0 Å². The second-order valence-corrected chi connectivity index (χ2v) is 21.6. The second-order valence-electron chi connectivity index (χ2n) is 21.6. The first-order valence-electron chi connectivity index (χ1n) is 32.7. The smallest absolute Gasteiger partial charge is 0.306 e. The van der Waals surface area contributed by atoms with Crippen LogP contribution in [0.3, 0.4) is 0 Å². The fourth-order valence-corrected chi connectivity index (χ4v) is 9.18. The maximum atomic E-state index is 12.8. The minimum atomic E-state index is -0.776. The fraction of sp³-hybridized carbons (Fsp3) is 0.732. The van der Waals surface area contributed by atoms with E-state index in [1.165, 1.54) is 167 Å². The van der Waals surface area contributed by atoms with Crippen LogP contribution in [0.4, 0.5) is 0 Å². The van der Waals surface area contributed by atoms with E-state index in [0.29, 0.717) is 19.3 Å². The Kier molecular flexibility index (Phi) is 61.8. The summed E-state index contributed by atoms with van der Waals surface area (Å²) >= 11 is 0. The number of rotatable bonds is 59. The molecule has 1 unspecified atom stereocenters. The lowest BCUT2D eigenvalue weighted by atomic mass is 10.0. The van der Waals surface area contributed by atoms with Crippen molar-refractivity contribution in [2.75, 3.05) is 13.2 Å². The monoisotopic (exact) mass is 1070 g/mol.